The lowest BCUT2D eigenvalue weighted by Crippen LogP contribution is -2.33. The quantitative estimate of drug-likeness (QED) is 0.589. The molecule has 2 aromatic rings. The Labute approximate surface area is 155 Å². The van der Waals surface area contributed by atoms with Crippen molar-refractivity contribution in [3.05, 3.63) is 62.6 Å². The van der Waals surface area contributed by atoms with E-state index in [4.69, 9.17) is 39.5 Å². The standard InChI is InChI=1S/C17H15Cl3N2O2/c1-10-7-13(18)5-6-16(10)24-11(2)17(23)22-21-9-12-3-4-14(19)8-15(12)20/h3-9,11H,1-2H3,(H,22,23). The molecular weight excluding hydrogens is 371 g/mol. The second kappa shape index (κ2) is 8.38. The number of halogens is 3. The van der Waals surface area contributed by atoms with E-state index in [9.17, 15) is 4.79 Å². The highest BCUT2D eigenvalue weighted by atomic mass is 35.5. The fourth-order valence-electron chi connectivity index (χ4n) is 1.85. The average Bonchev–Trinajstić information content (AvgIpc) is 2.52. The SMILES string of the molecule is Cc1cc(Cl)ccc1OC(C)C(=O)NN=Cc1ccc(Cl)cc1Cl. The Morgan fingerprint density at radius 1 is 1.17 bits per heavy atom. The van der Waals surface area contributed by atoms with Gasteiger partial charge in [-0.1, -0.05) is 40.9 Å². The summed E-state index contributed by atoms with van der Waals surface area (Å²) in [7, 11) is 0. The molecule has 4 nitrogen and oxygen atoms in total. The van der Waals surface area contributed by atoms with Gasteiger partial charge in [0.15, 0.2) is 6.10 Å². The highest BCUT2D eigenvalue weighted by molar-refractivity contribution is 6.36. The van der Waals surface area contributed by atoms with Gasteiger partial charge in [-0.05, 0) is 49.7 Å². The summed E-state index contributed by atoms with van der Waals surface area (Å²) in [5.41, 5.74) is 3.90. The lowest BCUT2D eigenvalue weighted by molar-refractivity contribution is -0.127. The van der Waals surface area contributed by atoms with E-state index >= 15 is 0 Å². The lowest BCUT2D eigenvalue weighted by Gasteiger charge is -2.14. The van der Waals surface area contributed by atoms with Crippen LogP contribution < -0.4 is 10.2 Å². The number of aryl methyl sites for hydroxylation is 1. The largest absolute Gasteiger partial charge is 0.481 e. The van der Waals surface area contributed by atoms with Crippen molar-refractivity contribution < 1.29 is 9.53 Å². The molecule has 2 aromatic carbocycles. The predicted octanol–water partition coefficient (Wildman–Crippen LogP) is 4.87. The number of benzene rings is 2. The highest BCUT2D eigenvalue weighted by Crippen LogP contribution is 2.23. The van der Waals surface area contributed by atoms with Crippen molar-refractivity contribution in [1.29, 1.82) is 0 Å². The number of ether oxygens (including phenoxy) is 1. The molecule has 0 saturated heterocycles. The first-order valence-electron chi connectivity index (χ1n) is 7.07. The van der Waals surface area contributed by atoms with Crippen molar-refractivity contribution >= 4 is 46.9 Å². The summed E-state index contributed by atoms with van der Waals surface area (Å²) < 4.78 is 5.62. The van der Waals surface area contributed by atoms with Gasteiger partial charge in [-0.2, -0.15) is 5.10 Å². The summed E-state index contributed by atoms with van der Waals surface area (Å²) in [4.78, 5) is 12.0. The van der Waals surface area contributed by atoms with Gasteiger partial charge >= 0.3 is 0 Å². The Bertz CT molecular complexity index is 778. The second-order valence-corrected chi connectivity index (χ2v) is 6.35. The van der Waals surface area contributed by atoms with Gasteiger partial charge in [0, 0.05) is 15.6 Å². The minimum atomic E-state index is -0.720. The molecule has 0 fully saturated rings. The number of nitrogens with zero attached hydrogens (tertiary/aromatic N) is 1. The van der Waals surface area contributed by atoms with Crippen molar-refractivity contribution in [2.24, 2.45) is 5.10 Å². The zero-order valence-electron chi connectivity index (χ0n) is 13.0. The minimum absolute atomic E-state index is 0.384. The number of nitrogens with one attached hydrogen (secondary N) is 1. The molecule has 0 aromatic heterocycles. The van der Waals surface area contributed by atoms with Crippen LogP contribution in [0.1, 0.15) is 18.1 Å². The molecule has 0 heterocycles. The Kier molecular flexibility index (Phi) is 6.49. The van der Waals surface area contributed by atoms with Crippen LogP contribution in [-0.4, -0.2) is 18.2 Å². The van der Waals surface area contributed by atoms with Crippen molar-refractivity contribution in [3.8, 4) is 5.75 Å². The fourth-order valence-corrected chi connectivity index (χ4v) is 2.54. The maximum atomic E-state index is 12.0. The van der Waals surface area contributed by atoms with Crippen molar-refractivity contribution in [2.75, 3.05) is 0 Å². The van der Waals surface area contributed by atoms with E-state index in [1.54, 1.807) is 43.3 Å². The molecule has 7 heteroatoms. The zero-order chi connectivity index (χ0) is 17.7. The number of hydrazone groups is 1. The Morgan fingerprint density at radius 2 is 1.83 bits per heavy atom. The van der Waals surface area contributed by atoms with Crippen LogP contribution in [0.2, 0.25) is 15.1 Å². The van der Waals surface area contributed by atoms with Crippen LogP contribution in [0.25, 0.3) is 0 Å². The van der Waals surface area contributed by atoms with Gasteiger partial charge in [0.1, 0.15) is 5.75 Å². The Balaban J connectivity index is 1.95. The molecule has 1 atom stereocenters. The summed E-state index contributed by atoms with van der Waals surface area (Å²) in [6, 6.07) is 10.2. The molecule has 1 amide bonds. The minimum Gasteiger partial charge on any atom is -0.481 e. The first-order chi connectivity index (χ1) is 11.4. The van der Waals surface area contributed by atoms with Gasteiger partial charge in [0.25, 0.3) is 5.91 Å². The molecule has 0 aliphatic carbocycles. The van der Waals surface area contributed by atoms with Crippen LogP contribution in [-0.2, 0) is 4.79 Å². The zero-order valence-corrected chi connectivity index (χ0v) is 15.3. The normalized spacial score (nSPS) is 12.2. The molecule has 0 spiro atoms. The molecule has 0 aliphatic heterocycles. The van der Waals surface area contributed by atoms with E-state index in [1.165, 1.54) is 6.21 Å². The van der Waals surface area contributed by atoms with Gasteiger partial charge in [0.2, 0.25) is 0 Å². The predicted molar refractivity (Wildman–Crippen MR) is 98.5 cm³/mol. The number of rotatable bonds is 5. The first-order valence-corrected chi connectivity index (χ1v) is 8.21. The topological polar surface area (TPSA) is 50.7 Å². The summed E-state index contributed by atoms with van der Waals surface area (Å²) >= 11 is 17.7. The number of carbonyl (C=O) groups is 1. The van der Waals surface area contributed by atoms with Crippen molar-refractivity contribution in [1.82, 2.24) is 5.43 Å². The monoisotopic (exact) mass is 384 g/mol. The van der Waals surface area contributed by atoms with Crippen LogP contribution in [0.15, 0.2) is 41.5 Å². The smallest absolute Gasteiger partial charge is 0.280 e. The molecule has 1 N–H and O–H groups in total. The summed E-state index contributed by atoms with van der Waals surface area (Å²) in [5.74, 6) is 0.206. The number of amides is 1. The second-order valence-electron chi connectivity index (χ2n) is 5.07. The van der Waals surface area contributed by atoms with Crippen LogP contribution >= 0.6 is 34.8 Å². The van der Waals surface area contributed by atoms with E-state index in [-0.39, 0.29) is 5.91 Å². The molecule has 126 valence electrons. The third-order valence-corrected chi connectivity index (χ3v) is 3.95. The van der Waals surface area contributed by atoms with Gasteiger partial charge in [-0.25, -0.2) is 5.43 Å². The molecule has 0 radical (unpaired) electrons. The summed E-state index contributed by atoms with van der Waals surface area (Å²) in [5, 5.41) is 5.47. The Hall–Kier alpha value is -1.75. The van der Waals surface area contributed by atoms with E-state index in [2.05, 4.69) is 10.5 Å². The third-order valence-electron chi connectivity index (χ3n) is 3.15. The average molecular weight is 386 g/mol. The lowest BCUT2D eigenvalue weighted by atomic mass is 10.2. The van der Waals surface area contributed by atoms with Gasteiger partial charge in [0.05, 0.1) is 11.2 Å². The molecular formula is C17H15Cl3N2O2. The van der Waals surface area contributed by atoms with Crippen LogP contribution in [0.5, 0.6) is 5.75 Å². The van der Waals surface area contributed by atoms with Crippen LogP contribution in [0.4, 0.5) is 0 Å². The molecule has 0 aliphatic rings. The summed E-state index contributed by atoms with van der Waals surface area (Å²) in [6.45, 7) is 3.49. The Morgan fingerprint density at radius 3 is 2.50 bits per heavy atom. The van der Waals surface area contributed by atoms with E-state index in [0.717, 1.165) is 5.56 Å². The van der Waals surface area contributed by atoms with Gasteiger partial charge in [-0.15, -0.1) is 0 Å². The molecule has 2 rings (SSSR count). The molecule has 24 heavy (non-hydrogen) atoms. The number of carbonyl (C=O) groups excluding carboxylic acids is 1. The maximum Gasteiger partial charge on any atom is 0.280 e. The van der Waals surface area contributed by atoms with Gasteiger partial charge in [-0.3, -0.25) is 4.79 Å². The van der Waals surface area contributed by atoms with E-state index in [1.807, 2.05) is 6.92 Å². The van der Waals surface area contributed by atoms with E-state index in [0.29, 0.717) is 26.4 Å². The van der Waals surface area contributed by atoms with Crippen molar-refractivity contribution in [2.45, 2.75) is 20.0 Å². The number of hydrogen-bond acceptors (Lipinski definition) is 3. The van der Waals surface area contributed by atoms with Crippen molar-refractivity contribution in [3.63, 3.8) is 0 Å². The summed E-state index contributed by atoms with van der Waals surface area (Å²) in [6.07, 6.45) is 0.722. The highest BCUT2D eigenvalue weighted by Gasteiger charge is 2.15. The number of hydrogen-bond donors (Lipinski definition) is 1. The maximum absolute atomic E-state index is 12.0. The molecule has 0 saturated carbocycles. The third kappa shape index (κ3) is 5.13. The molecule has 0 bridgehead atoms. The van der Waals surface area contributed by atoms with Crippen LogP contribution in [0.3, 0.4) is 0 Å². The van der Waals surface area contributed by atoms with Crippen LogP contribution in [0, 0.1) is 6.92 Å². The fraction of sp³-hybridized carbons (Fsp3) is 0.176. The first kappa shape index (κ1) is 18.6. The van der Waals surface area contributed by atoms with Gasteiger partial charge < -0.3 is 4.74 Å². The molecule has 1 unspecified atom stereocenters. The van der Waals surface area contributed by atoms with E-state index < -0.39 is 6.10 Å².